The van der Waals surface area contributed by atoms with Crippen molar-refractivity contribution in [2.75, 3.05) is 13.1 Å². The molecule has 4 nitrogen and oxygen atoms in total. The van der Waals surface area contributed by atoms with E-state index in [0.29, 0.717) is 18.1 Å². The molecule has 0 heterocycles. The van der Waals surface area contributed by atoms with Crippen molar-refractivity contribution >= 4 is 5.97 Å². The van der Waals surface area contributed by atoms with Gasteiger partial charge in [0.05, 0.1) is 6.54 Å². The summed E-state index contributed by atoms with van der Waals surface area (Å²) in [5.74, 6) is 0.0809. The molecular weight excluding hydrogens is 216 g/mol. The molecule has 0 amide bonds. The van der Waals surface area contributed by atoms with E-state index < -0.39 is 5.97 Å². The Labute approximate surface area is 103 Å². The minimum Gasteiger partial charge on any atom is -0.480 e. The van der Waals surface area contributed by atoms with Gasteiger partial charge in [-0.15, -0.1) is 0 Å². The van der Waals surface area contributed by atoms with Crippen LogP contribution in [0, 0.1) is 5.92 Å². The maximum absolute atomic E-state index is 10.9. The number of carboxylic acid groups (broad SMARTS) is 1. The van der Waals surface area contributed by atoms with Crippen LogP contribution in [0.15, 0.2) is 0 Å². The summed E-state index contributed by atoms with van der Waals surface area (Å²) in [6.45, 7) is 5.53. The molecule has 2 aliphatic rings. The molecule has 17 heavy (non-hydrogen) atoms. The molecule has 0 saturated heterocycles. The van der Waals surface area contributed by atoms with Crippen molar-refractivity contribution in [1.82, 2.24) is 10.2 Å². The van der Waals surface area contributed by atoms with Crippen molar-refractivity contribution < 1.29 is 9.90 Å². The van der Waals surface area contributed by atoms with Crippen LogP contribution >= 0.6 is 0 Å². The number of hydrogen-bond donors (Lipinski definition) is 2. The molecule has 0 bridgehead atoms. The number of aliphatic carboxylic acids is 1. The highest BCUT2D eigenvalue weighted by Crippen LogP contribution is 2.33. The number of rotatable bonds is 7. The van der Waals surface area contributed by atoms with E-state index in [2.05, 4.69) is 24.1 Å². The highest BCUT2D eigenvalue weighted by atomic mass is 16.4. The first-order valence-corrected chi connectivity index (χ1v) is 6.76. The van der Waals surface area contributed by atoms with Gasteiger partial charge in [0.1, 0.15) is 0 Å². The SMILES string of the molecule is CC(C)NC1CC(N(CC(=O)O)CC2CC2)C1. The molecule has 0 spiro atoms. The van der Waals surface area contributed by atoms with E-state index in [1.165, 1.54) is 12.8 Å². The van der Waals surface area contributed by atoms with Crippen LogP contribution in [0.5, 0.6) is 0 Å². The van der Waals surface area contributed by atoms with Gasteiger partial charge in [0.2, 0.25) is 0 Å². The monoisotopic (exact) mass is 240 g/mol. The molecule has 2 rings (SSSR count). The predicted octanol–water partition coefficient (Wildman–Crippen LogP) is 1.31. The molecule has 0 aromatic heterocycles. The third-order valence-corrected chi connectivity index (χ3v) is 3.73. The van der Waals surface area contributed by atoms with Crippen LogP contribution in [0.4, 0.5) is 0 Å². The van der Waals surface area contributed by atoms with Crippen molar-refractivity contribution in [2.45, 2.75) is 57.7 Å². The second-order valence-corrected chi connectivity index (χ2v) is 5.91. The van der Waals surface area contributed by atoms with Crippen molar-refractivity contribution in [3.63, 3.8) is 0 Å². The van der Waals surface area contributed by atoms with E-state index in [1.807, 2.05) is 0 Å². The van der Waals surface area contributed by atoms with Gasteiger partial charge in [-0.05, 0) is 31.6 Å². The Hall–Kier alpha value is -0.610. The van der Waals surface area contributed by atoms with E-state index >= 15 is 0 Å². The Morgan fingerprint density at radius 2 is 2.06 bits per heavy atom. The molecule has 0 atom stereocenters. The summed E-state index contributed by atoms with van der Waals surface area (Å²) < 4.78 is 0. The molecule has 4 heteroatoms. The topological polar surface area (TPSA) is 52.6 Å². The molecule has 0 aliphatic heterocycles. The fourth-order valence-corrected chi connectivity index (χ4v) is 2.64. The van der Waals surface area contributed by atoms with E-state index in [1.54, 1.807) is 0 Å². The number of carbonyl (C=O) groups is 1. The number of carboxylic acids is 1. The lowest BCUT2D eigenvalue weighted by atomic mass is 9.84. The summed E-state index contributed by atoms with van der Waals surface area (Å²) in [7, 11) is 0. The number of nitrogens with one attached hydrogen (secondary N) is 1. The van der Waals surface area contributed by atoms with Crippen LogP contribution in [0.2, 0.25) is 0 Å². The lowest BCUT2D eigenvalue weighted by molar-refractivity contribution is -0.139. The summed E-state index contributed by atoms with van der Waals surface area (Å²) >= 11 is 0. The van der Waals surface area contributed by atoms with Gasteiger partial charge in [0.15, 0.2) is 0 Å². The molecule has 0 radical (unpaired) electrons. The lowest BCUT2D eigenvalue weighted by Crippen LogP contribution is -2.55. The second kappa shape index (κ2) is 5.36. The average molecular weight is 240 g/mol. The van der Waals surface area contributed by atoms with E-state index in [0.717, 1.165) is 25.3 Å². The standard InChI is InChI=1S/C13H24N2O2/c1-9(2)14-11-5-12(6-11)15(8-13(16)17)7-10-3-4-10/h9-12,14H,3-8H2,1-2H3,(H,16,17). The van der Waals surface area contributed by atoms with Crippen LogP contribution in [0.25, 0.3) is 0 Å². The first kappa shape index (κ1) is 12.8. The highest BCUT2D eigenvalue weighted by molar-refractivity contribution is 5.69. The van der Waals surface area contributed by atoms with Gasteiger partial charge in [0, 0.05) is 24.7 Å². The van der Waals surface area contributed by atoms with Crippen molar-refractivity contribution in [2.24, 2.45) is 5.92 Å². The number of nitrogens with zero attached hydrogens (tertiary/aromatic N) is 1. The molecule has 0 aromatic rings. The summed E-state index contributed by atoms with van der Waals surface area (Å²) in [5.41, 5.74) is 0. The van der Waals surface area contributed by atoms with Crippen LogP contribution in [-0.2, 0) is 4.79 Å². The Morgan fingerprint density at radius 1 is 1.41 bits per heavy atom. The van der Waals surface area contributed by atoms with E-state index in [4.69, 9.17) is 5.11 Å². The fraction of sp³-hybridized carbons (Fsp3) is 0.923. The molecule has 2 N–H and O–H groups in total. The normalized spacial score (nSPS) is 28.5. The average Bonchev–Trinajstić information content (AvgIpc) is 2.92. The Morgan fingerprint density at radius 3 is 2.53 bits per heavy atom. The summed E-state index contributed by atoms with van der Waals surface area (Å²) in [6, 6.07) is 1.61. The quantitative estimate of drug-likeness (QED) is 0.704. The van der Waals surface area contributed by atoms with Gasteiger partial charge in [-0.2, -0.15) is 0 Å². The van der Waals surface area contributed by atoms with E-state index in [-0.39, 0.29) is 6.54 Å². The molecular formula is C13H24N2O2. The number of hydrogen-bond acceptors (Lipinski definition) is 3. The molecule has 2 fully saturated rings. The van der Waals surface area contributed by atoms with Crippen molar-refractivity contribution in [3.05, 3.63) is 0 Å². The Kier molecular flexibility index (Phi) is 4.05. The zero-order valence-electron chi connectivity index (χ0n) is 10.9. The second-order valence-electron chi connectivity index (χ2n) is 5.91. The molecule has 98 valence electrons. The van der Waals surface area contributed by atoms with Crippen molar-refractivity contribution in [1.29, 1.82) is 0 Å². The zero-order chi connectivity index (χ0) is 12.4. The molecule has 2 aliphatic carbocycles. The maximum atomic E-state index is 10.9. The van der Waals surface area contributed by atoms with Gasteiger partial charge >= 0.3 is 5.97 Å². The first-order chi connectivity index (χ1) is 8.04. The summed E-state index contributed by atoms with van der Waals surface area (Å²) in [5, 5.41) is 12.5. The van der Waals surface area contributed by atoms with Crippen LogP contribution in [0.1, 0.15) is 39.5 Å². The van der Waals surface area contributed by atoms with Gasteiger partial charge in [-0.1, -0.05) is 13.8 Å². The summed E-state index contributed by atoms with van der Waals surface area (Å²) in [4.78, 5) is 13.0. The third kappa shape index (κ3) is 3.96. The molecule has 0 unspecified atom stereocenters. The smallest absolute Gasteiger partial charge is 0.317 e. The van der Waals surface area contributed by atoms with Gasteiger partial charge < -0.3 is 10.4 Å². The zero-order valence-corrected chi connectivity index (χ0v) is 10.9. The van der Waals surface area contributed by atoms with Crippen molar-refractivity contribution in [3.8, 4) is 0 Å². The van der Waals surface area contributed by atoms with Gasteiger partial charge in [-0.3, -0.25) is 9.69 Å². The predicted molar refractivity (Wildman–Crippen MR) is 67.0 cm³/mol. The summed E-state index contributed by atoms with van der Waals surface area (Å²) in [6.07, 6.45) is 4.80. The fourth-order valence-electron chi connectivity index (χ4n) is 2.64. The Bertz CT molecular complexity index is 271. The van der Waals surface area contributed by atoms with Crippen LogP contribution < -0.4 is 5.32 Å². The third-order valence-electron chi connectivity index (χ3n) is 3.73. The van der Waals surface area contributed by atoms with Crippen LogP contribution in [0.3, 0.4) is 0 Å². The molecule has 2 saturated carbocycles. The van der Waals surface area contributed by atoms with Crippen LogP contribution in [-0.4, -0.2) is 47.2 Å². The van der Waals surface area contributed by atoms with Gasteiger partial charge in [-0.25, -0.2) is 0 Å². The lowest BCUT2D eigenvalue weighted by Gasteiger charge is -2.43. The van der Waals surface area contributed by atoms with E-state index in [9.17, 15) is 4.79 Å². The molecule has 0 aromatic carbocycles. The first-order valence-electron chi connectivity index (χ1n) is 6.76. The minimum absolute atomic E-state index is 0.218. The Balaban J connectivity index is 1.75. The largest absolute Gasteiger partial charge is 0.480 e. The highest BCUT2D eigenvalue weighted by Gasteiger charge is 2.36. The maximum Gasteiger partial charge on any atom is 0.317 e. The minimum atomic E-state index is -0.689. The van der Waals surface area contributed by atoms with Gasteiger partial charge in [0.25, 0.3) is 0 Å².